The van der Waals surface area contributed by atoms with Gasteiger partial charge in [-0.3, -0.25) is 0 Å². The summed E-state index contributed by atoms with van der Waals surface area (Å²) in [6.45, 7) is 4.63. The molecule has 0 amide bonds. The Morgan fingerprint density at radius 1 is 1.17 bits per heavy atom. The van der Waals surface area contributed by atoms with Gasteiger partial charge in [0.05, 0.1) is 0 Å². The van der Waals surface area contributed by atoms with Gasteiger partial charge in [0.2, 0.25) is 0 Å². The quantitative estimate of drug-likeness (QED) is 0.399. The van der Waals surface area contributed by atoms with Gasteiger partial charge in [0, 0.05) is 0 Å². The molecular formula is C9H20INS. The molecule has 74 valence electrons. The zero-order valence-corrected chi connectivity index (χ0v) is 10.9. The fourth-order valence-corrected chi connectivity index (χ4v) is 2.09. The molecule has 0 aliphatic carbocycles. The molecule has 0 aromatic rings. The average Bonchev–Trinajstić information content (AvgIpc) is 2.10. The number of rotatable bonds is 9. The highest BCUT2D eigenvalue weighted by Crippen LogP contribution is 1.99. The maximum atomic E-state index is 3.46. The third kappa shape index (κ3) is 11.0. The molecule has 0 unspecified atom stereocenters. The van der Waals surface area contributed by atoms with E-state index in [-0.39, 0.29) is 0 Å². The molecule has 0 spiro atoms. The molecule has 0 radical (unpaired) electrons. The van der Waals surface area contributed by atoms with Crippen molar-refractivity contribution in [2.24, 2.45) is 0 Å². The molecule has 0 heterocycles. The predicted octanol–water partition coefficient (Wildman–Crippen LogP) is 2.93. The van der Waals surface area contributed by atoms with Crippen LogP contribution in [-0.2, 0) is 0 Å². The number of thioether (sulfide) groups is 1. The summed E-state index contributed by atoms with van der Waals surface area (Å²) in [6.07, 6.45) is 4.02. The van der Waals surface area contributed by atoms with Crippen LogP contribution in [0.4, 0.5) is 0 Å². The highest BCUT2D eigenvalue weighted by Gasteiger charge is 1.88. The topological polar surface area (TPSA) is 12.0 Å². The molecule has 0 aromatic carbocycles. The zero-order chi connectivity index (χ0) is 9.07. The van der Waals surface area contributed by atoms with Crippen molar-refractivity contribution in [1.82, 2.24) is 5.32 Å². The number of nitrogens with one attached hydrogen (secondary N) is 1. The van der Waals surface area contributed by atoms with Crippen molar-refractivity contribution in [2.45, 2.75) is 26.2 Å². The number of halogens is 1. The van der Waals surface area contributed by atoms with Crippen LogP contribution in [0.3, 0.4) is 0 Å². The molecule has 0 rings (SSSR count). The average molecular weight is 301 g/mol. The Morgan fingerprint density at radius 2 is 1.92 bits per heavy atom. The second-order valence-electron chi connectivity index (χ2n) is 2.70. The molecular weight excluding hydrogens is 281 g/mol. The van der Waals surface area contributed by atoms with Gasteiger partial charge < -0.3 is 5.32 Å². The van der Waals surface area contributed by atoms with Crippen molar-refractivity contribution in [2.75, 3.05) is 29.0 Å². The number of hydrogen-bond acceptors (Lipinski definition) is 2. The molecule has 0 saturated carbocycles. The van der Waals surface area contributed by atoms with Crippen LogP contribution in [0.1, 0.15) is 26.2 Å². The number of alkyl halides is 1. The van der Waals surface area contributed by atoms with Crippen molar-refractivity contribution < 1.29 is 0 Å². The van der Waals surface area contributed by atoms with Gasteiger partial charge in [-0.15, -0.1) is 0 Å². The molecule has 0 bridgehead atoms. The molecule has 0 atom stereocenters. The van der Waals surface area contributed by atoms with Gasteiger partial charge in [0.1, 0.15) is 0 Å². The van der Waals surface area contributed by atoms with Crippen LogP contribution >= 0.6 is 34.4 Å². The highest BCUT2D eigenvalue weighted by molar-refractivity contribution is 14.1. The second-order valence-corrected chi connectivity index (χ2v) is 5.17. The van der Waals surface area contributed by atoms with E-state index in [4.69, 9.17) is 0 Å². The van der Waals surface area contributed by atoms with Gasteiger partial charge >= 0.3 is 0 Å². The number of unbranched alkanes of at least 4 members (excludes halogenated alkanes) is 1. The summed E-state index contributed by atoms with van der Waals surface area (Å²) in [6, 6.07) is 0. The Hall–Kier alpha value is 1.04. The van der Waals surface area contributed by atoms with E-state index in [1.807, 2.05) is 11.8 Å². The fourth-order valence-electron chi connectivity index (χ4n) is 0.913. The largest absolute Gasteiger partial charge is 0.317 e. The summed E-state index contributed by atoms with van der Waals surface area (Å²) in [4.78, 5) is 0. The first-order valence-corrected chi connectivity index (χ1v) is 7.44. The summed E-state index contributed by atoms with van der Waals surface area (Å²) in [5.41, 5.74) is 0. The third-order valence-corrected chi connectivity index (χ3v) is 3.33. The minimum Gasteiger partial charge on any atom is -0.317 e. The normalized spacial score (nSPS) is 10.5. The second kappa shape index (κ2) is 12.0. The molecule has 0 aliphatic heterocycles. The maximum Gasteiger partial charge on any atom is -0.000426 e. The van der Waals surface area contributed by atoms with E-state index in [0.29, 0.717) is 0 Å². The third-order valence-electron chi connectivity index (χ3n) is 1.58. The van der Waals surface area contributed by atoms with E-state index in [1.54, 1.807) is 0 Å². The first-order chi connectivity index (χ1) is 5.91. The van der Waals surface area contributed by atoms with E-state index in [1.165, 1.54) is 48.3 Å². The molecule has 3 heteroatoms. The van der Waals surface area contributed by atoms with Gasteiger partial charge in [-0.25, -0.2) is 0 Å². The van der Waals surface area contributed by atoms with Crippen LogP contribution < -0.4 is 5.32 Å². The molecule has 0 saturated heterocycles. The first-order valence-electron chi connectivity index (χ1n) is 4.76. The molecule has 1 N–H and O–H groups in total. The van der Waals surface area contributed by atoms with Crippen molar-refractivity contribution in [3.8, 4) is 0 Å². The first kappa shape index (κ1) is 13.0. The van der Waals surface area contributed by atoms with Gasteiger partial charge in [0.15, 0.2) is 0 Å². The Labute approximate surface area is 94.6 Å². The van der Waals surface area contributed by atoms with Crippen molar-refractivity contribution in [1.29, 1.82) is 0 Å². The molecule has 1 nitrogen and oxygen atoms in total. The predicted molar refractivity (Wildman–Crippen MR) is 68.6 cm³/mol. The van der Waals surface area contributed by atoms with Crippen LogP contribution in [0, 0.1) is 0 Å². The fraction of sp³-hybridized carbons (Fsp3) is 1.00. The smallest absolute Gasteiger partial charge is 0.000426 e. The molecule has 12 heavy (non-hydrogen) atoms. The standard InChI is InChI=1S/C9H20INS/c1-2-12-9-5-8-11-7-4-3-6-10/h11H,2-9H2,1H3. The summed E-state index contributed by atoms with van der Waals surface area (Å²) < 4.78 is 1.30. The van der Waals surface area contributed by atoms with Gasteiger partial charge in [-0.1, -0.05) is 29.5 Å². The minimum atomic E-state index is 1.20. The summed E-state index contributed by atoms with van der Waals surface area (Å²) in [7, 11) is 0. The van der Waals surface area contributed by atoms with Crippen LogP contribution in [0.25, 0.3) is 0 Å². The van der Waals surface area contributed by atoms with Crippen molar-refractivity contribution in [3.63, 3.8) is 0 Å². The Bertz CT molecular complexity index is 70.9. The Balaban J connectivity index is 2.73. The number of hydrogen-bond donors (Lipinski definition) is 1. The van der Waals surface area contributed by atoms with E-state index in [0.717, 1.165) is 0 Å². The van der Waals surface area contributed by atoms with Gasteiger partial charge in [0.25, 0.3) is 0 Å². The lowest BCUT2D eigenvalue weighted by Crippen LogP contribution is -2.17. The van der Waals surface area contributed by atoms with E-state index in [9.17, 15) is 0 Å². The SMILES string of the molecule is CCSCCCNCCCCI. The lowest BCUT2D eigenvalue weighted by molar-refractivity contribution is 0.639. The monoisotopic (exact) mass is 301 g/mol. The van der Waals surface area contributed by atoms with Crippen molar-refractivity contribution in [3.05, 3.63) is 0 Å². The van der Waals surface area contributed by atoms with Crippen LogP contribution in [-0.4, -0.2) is 29.0 Å². The minimum absolute atomic E-state index is 1.20. The van der Waals surface area contributed by atoms with Crippen LogP contribution in [0.2, 0.25) is 0 Å². The maximum absolute atomic E-state index is 3.46. The lowest BCUT2D eigenvalue weighted by atomic mass is 10.3. The van der Waals surface area contributed by atoms with Gasteiger partial charge in [-0.05, 0) is 48.3 Å². The van der Waals surface area contributed by atoms with Crippen LogP contribution in [0.5, 0.6) is 0 Å². The molecule has 0 fully saturated rings. The van der Waals surface area contributed by atoms with E-state index >= 15 is 0 Å². The lowest BCUT2D eigenvalue weighted by Gasteiger charge is -2.02. The molecule has 0 aliphatic rings. The Kier molecular flexibility index (Phi) is 13.1. The van der Waals surface area contributed by atoms with E-state index < -0.39 is 0 Å². The van der Waals surface area contributed by atoms with E-state index in [2.05, 4.69) is 34.8 Å². The highest BCUT2D eigenvalue weighted by atomic mass is 127. The molecule has 0 aromatic heterocycles. The van der Waals surface area contributed by atoms with Crippen LogP contribution in [0.15, 0.2) is 0 Å². The summed E-state index contributed by atoms with van der Waals surface area (Å²) in [5.74, 6) is 2.57. The zero-order valence-electron chi connectivity index (χ0n) is 7.94. The van der Waals surface area contributed by atoms with Crippen molar-refractivity contribution >= 4 is 34.4 Å². The van der Waals surface area contributed by atoms with Gasteiger partial charge in [-0.2, -0.15) is 11.8 Å². The Morgan fingerprint density at radius 3 is 2.58 bits per heavy atom. The summed E-state index contributed by atoms with van der Waals surface area (Å²) in [5, 5.41) is 3.46. The summed E-state index contributed by atoms with van der Waals surface area (Å²) >= 11 is 4.47.